The molecule has 6 heteroatoms. The molecule has 0 aromatic heterocycles. The van der Waals surface area contributed by atoms with E-state index in [1.165, 1.54) is 11.8 Å². The summed E-state index contributed by atoms with van der Waals surface area (Å²) in [6, 6.07) is 5.45. The molecular formula is C10H12F3NOS. The van der Waals surface area contributed by atoms with Crippen molar-refractivity contribution >= 4 is 17.4 Å². The molecule has 1 aromatic rings. The molecule has 1 aromatic carbocycles. The van der Waals surface area contributed by atoms with Gasteiger partial charge in [-0.2, -0.15) is 0 Å². The molecule has 0 saturated carbocycles. The summed E-state index contributed by atoms with van der Waals surface area (Å²) < 4.78 is 38.7. The van der Waals surface area contributed by atoms with Crippen LogP contribution in [0.1, 0.15) is 5.56 Å². The average Bonchev–Trinajstić information content (AvgIpc) is 2.17. The minimum atomic E-state index is -4.56. The van der Waals surface area contributed by atoms with Crippen LogP contribution in [0.15, 0.2) is 23.1 Å². The highest BCUT2D eigenvalue weighted by Gasteiger charge is 2.28. The Morgan fingerprint density at radius 1 is 1.38 bits per heavy atom. The van der Waals surface area contributed by atoms with Crippen LogP contribution in [0.5, 0.6) is 0 Å². The normalized spacial score (nSPS) is 11.8. The first-order valence-corrected chi connectivity index (χ1v) is 5.57. The molecule has 0 fully saturated rings. The number of aryl methyl sites for hydroxylation is 1. The summed E-state index contributed by atoms with van der Waals surface area (Å²) >= 11 is 1.25. The van der Waals surface area contributed by atoms with Gasteiger partial charge in [0.25, 0.3) is 0 Å². The fourth-order valence-electron chi connectivity index (χ4n) is 1.09. The topological polar surface area (TPSA) is 35.2 Å². The third kappa shape index (κ3) is 4.32. The second-order valence-corrected chi connectivity index (χ2v) is 4.27. The molecule has 0 atom stereocenters. The van der Waals surface area contributed by atoms with Crippen molar-refractivity contribution in [2.24, 2.45) is 0 Å². The van der Waals surface area contributed by atoms with Crippen LogP contribution in [-0.4, -0.2) is 18.7 Å². The van der Waals surface area contributed by atoms with Crippen molar-refractivity contribution in [1.29, 1.82) is 0 Å². The van der Waals surface area contributed by atoms with E-state index in [2.05, 4.69) is 4.74 Å². The second-order valence-electron chi connectivity index (χ2n) is 3.13. The van der Waals surface area contributed by atoms with Crippen LogP contribution in [-0.2, 0) is 4.74 Å². The van der Waals surface area contributed by atoms with Crippen LogP contribution in [0.25, 0.3) is 0 Å². The molecule has 0 spiro atoms. The molecule has 0 heterocycles. The van der Waals surface area contributed by atoms with E-state index in [1.54, 1.807) is 6.07 Å². The van der Waals surface area contributed by atoms with Crippen molar-refractivity contribution in [2.75, 3.05) is 18.1 Å². The molecule has 0 aliphatic carbocycles. The molecule has 90 valence electrons. The summed E-state index contributed by atoms with van der Waals surface area (Å²) in [5.74, 6) is 0.215. The molecule has 0 unspecified atom stereocenters. The zero-order valence-corrected chi connectivity index (χ0v) is 9.49. The van der Waals surface area contributed by atoms with Gasteiger partial charge in [-0.05, 0) is 18.6 Å². The maximum Gasteiger partial charge on any atom is 0.522 e. The van der Waals surface area contributed by atoms with E-state index < -0.39 is 6.36 Å². The molecule has 0 amide bonds. The number of para-hydroxylation sites is 1. The number of anilines is 1. The van der Waals surface area contributed by atoms with Crippen molar-refractivity contribution in [3.63, 3.8) is 0 Å². The smallest absolute Gasteiger partial charge is 0.398 e. The maximum absolute atomic E-state index is 11.7. The van der Waals surface area contributed by atoms with E-state index in [4.69, 9.17) is 5.73 Å². The monoisotopic (exact) mass is 251 g/mol. The molecule has 1 rings (SSSR count). The van der Waals surface area contributed by atoms with Crippen molar-refractivity contribution in [3.05, 3.63) is 23.8 Å². The number of rotatable bonds is 4. The highest BCUT2D eigenvalue weighted by atomic mass is 32.2. The number of thioether (sulfide) groups is 1. The largest absolute Gasteiger partial charge is 0.522 e. The standard InChI is InChI=1S/C10H12F3NOS/c1-7-3-2-4-8(9(7)14)16-6-5-15-10(11,12)13/h2-4H,5-6,14H2,1H3. The lowest BCUT2D eigenvalue weighted by molar-refractivity contribution is -0.322. The zero-order valence-electron chi connectivity index (χ0n) is 8.67. The molecule has 0 bridgehead atoms. The Hall–Kier alpha value is -0.880. The van der Waals surface area contributed by atoms with Crippen LogP contribution in [0.3, 0.4) is 0 Å². The van der Waals surface area contributed by atoms with E-state index in [0.717, 1.165) is 10.5 Å². The molecule has 0 radical (unpaired) electrons. The molecule has 16 heavy (non-hydrogen) atoms. The molecule has 2 N–H and O–H groups in total. The number of halogens is 3. The highest BCUT2D eigenvalue weighted by Crippen LogP contribution is 2.27. The average molecular weight is 251 g/mol. The second kappa shape index (κ2) is 5.45. The summed E-state index contributed by atoms with van der Waals surface area (Å²) in [5, 5.41) is 0. The Labute approximate surface area is 96.0 Å². The first-order chi connectivity index (χ1) is 7.40. The number of nitrogens with two attached hydrogens (primary N) is 1. The van der Waals surface area contributed by atoms with Gasteiger partial charge in [0.05, 0.1) is 6.61 Å². The SMILES string of the molecule is Cc1cccc(SCCOC(F)(F)F)c1N. The van der Waals surface area contributed by atoms with Gasteiger partial charge >= 0.3 is 6.36 Å². The van der Waals surface area contributed by atoms with Crippen LogP contribution < -0.4 is 5.73 Å². The summed E-state index contributed by atoms with van der Waals surface area (Å²) in [6.45, 7) is 1.48. The van der Waals surface area contributed by atoms with Gasteiger partial charge in [-0.1, -0.05) is 12.1 Å². The summed E-state index contributed by atoms with van der Waals surface area (Å²) in [5.41, 5.74) is 7.30. The van der Waals surface area contributed by atoms with Crippen LogP contribution in [0.4, 0.5) is 18.9 Å². The van der Waals surface area contributed by atoms with Crippen molar-refractivity contribution < 1.29 is 17.9 Å². The number of nitrogen functional groups attached to an aromatic ring is 1. The first kappa shape index (κ1) is 13.2. The summed E-state index contributed by atoms with van der Waals surface area (Å²) in [4.78, 5) is 0.783. The van der Waals surface area contributed by atoms with Gasteiger partial charge in [0.1, 0.15) is 0 Å². The van der Waals surface area contributed by atoms with Gasteiger partial charge in [-0.15, -0.1) is 24.9 Å². The zero-order chi connectivity index (χ0) is 12.2. The molecule has 2 nitrogen and oxygen atoms in total. The van der Waals surface area contributed by atoms with E-state index >= 15 is 0 Å². The summed E-state index contributed by atoms with van der Waals surface area (Å²) in [6.07, 6.45) is -4.56. The molecule has 0 aliphatic rings. The Morgan fingerprint density at radius 3 is 2.69 bits per heavy atom. The lowest BCUT2D eigenvalue weighted by Crippen LogP contribution is -2.15. The van der Waals surface area contributed by atoms with Crippen LogP contribution in [0.2, 0.25) is 0 Å². The summed E-state index contributed by atoms with van der Waals surface area (Å²) in [7, 11) is 0. The Kier molecular flexibility index (Phi) is 4.49. The Morgan fingerprint density at radius 2 is 2.06 bits per heavy atom. The predicted octanol–water partition coefficient (Wildman–Crippen LogP) is 3.21. The highest BCUT2D eigenvalue weighted by molar-refractivity contribution is 7.99. The van der Waals surface area contributed by atoms with Crippen LogP contribution >= 0.6 is 11.8 Å². The van der Waals surface area contributed by atoms with Gasteiger partial charge in [-0.3, -0.25) is 4.74 Å². The van der Waals surface area contributed by atoms with Gasteiger partial charge in [0.2, 0.25) is 0 Å². The number of benzene rings is 1. The molecule has 0 saturated heterocycles. The van der Waals surface area contributed by atoms with Gasteiger partial charge in [0, 0.05) is 16.3 Å². The minimum absolute atomic E-state index is 0.215. The maximum atomic E-state index is 11.7. The number of alkyl halides is 3. The van der Waals surface area contributed by atoms with E-state index in [1.807, 2.05) is 19.1 Å². The first-order valence-electron chi connectivity index (χ1n) is 4.59. The minimum Gasteiger partial charge on any atom is -0.398 e. The van der Waals surface area contributed by atoms with E-state index in [9.17, 15) is 13.2 Å². The van der Waals surface area contributed by atoms with E-state index in [-0.39, 0.29) is 12.4 Å². The quantitative estimate of drug-likeness (QED) is 0.507. The fraction of sp³-hybridized carbons (Fsp3) is 0.400. The number of ether oxygens (including phenoxy) is 1. The lowest BCUT2D eigenvalue weighted by Gasteiger charge is -2.09. The Bertz CT molecular complexity index is 354. The van der Waals surface area contributed by atoms with Crippen molar-refractivity contribution in [1.82, 2.24) is 0 Å². The van der Waals surface area contributed by atoms with E-state index in [0.29, 0.717) is 5.69 Å². The van der Waals surface area contributed by atoms with Gasteiger partial charge in [-0.25, -0.2) is 0 Å². The van der Waals surface area contributed by atoms with Crippen LogP contribution in [0, 0.1) is 6.92 Å². The number of hydrogen-bond acceptors (Lipinski definition) is 3. The van der Waals surface area contributed by atoms with Gasteiger partial charge < -0.3 is 5.73 Å². The third-order valence-electron chi connectivity index (χ3n) is 1.89. The van der Waals surface area contributed by atoms with Crippen molar-refractivity contribution in [3.8, 4) is 0 Å². The molecule has 0 aliphatic heterocycles. The lowest BCUT2D eigenvalue weighted by atomic mass is 10.2. The molecular weight excluding hydrogens is 239 g/mol. The number of hydrogen-bond donors (Lipinski definition) is 1. The van der Waals surface area contributed by atoms with Crippen molar-refractivity contribution in [2.45, 2.75) is 18.2 Å². The third-order valence-corrected chi connectivity index (χ3v) is 2.93. The fourth-order valence-corrected chi connectivity index (χ4v) is 1.97. The van der Waals surface area contributed by atoms with Gasteiger partial charge in [0.15, 0.2) is 0 Å². The predicted molar refractivity (Wildman–Crippen MR) is 58.3 cm³/mol. The Balaban J connectivity index is 2.41.